The highest BCUT2D eigenvalue weighted by Crippen LogP contribution is 2.24. The van der Waals surface area contributed by atoms with Gasteiger partial charge in [0.15, 0.2) is 5.82 Å². The van der Waals surface area contributed by atoms with Crippen LogP contribution in [0.15, 0.2) is 30.6 Å². The van der Waals surface area contributed by atoms with Gasteiger partial charge >= 0.3 is 0 Å². The molecule has 1 atom stereocenters. The number of rotatable bonds is 3. The highest BCUT2D eigenvalue weighted by Gasteiger charge is 2.16. The van der Waals surface area contributed by atoms with Gasteiger partial charge in [0.25, 0.3) is 0 Å². The lowest BCUT2D eigenvalue weighted by atomic mass is 10.2. The molecule has 2 aromatic rings. The van der Waals surface area contributed by atoms with Gasteiger partial charge in [0.1, 0.15) is 0 Å². The smallest absolute Gasteiger partial charge is 0.153 e. The molecule has 0 spiro atoms. The predicted octanol–water partition coefficient (Wildman–Crippen LogP) is 1.56. The molecule has 5 heteroatoms. The zero-order chi connectivity index (χ0) is 11.5. The largest absolute Gasteiger partial charge is 0.396 e. The molecule has 0 aliphatic carbocycles. The van der Waals surface area contributed by atoms with E-state index in [0.717, 1.165) is 11.5 Å². The summed E-state index contributed by atoms with van der Waals surface area (Å²) in [4.78, 5) is 4.23. The Hall–Kier alpha value is -1.88. The van der Waals surface area contributed by atoms with E-state index >= 15 is 0 Å². The number of methoxy groups -OCH3 is 1. The molecule has 0 aliphatic heterocycles. The van der Waals surface area contributed by atoms with Crippen molar-refractivity contribution in [2.75, 3.05) is 12.8 Å². The number of hydrogen-bond acceptors (Lipinski definition) is 4. The second kappa shape index (κ2) is 4.32. The lowest BCUT2D eigenvalue weighted by Crippen LogP contribution is -2.09. The molecule has 84 valence electrons. The number of ether oxygens (including phenoxy) is 1. The molecule has 16 heavy (non-hydrogen) atoms. The zero-order valence-corrected chi connectivity index (χ0v) is 9.29. The van der Waals surface area contributed by atoms with Crippen LogP contribution in [-0.2, 0) is 4.74 Å². The topological polar surface area (TPSA) is 66.0 Å². The van der Waals surface area contributed by atoms with Crippen LogP contribution in [0.4, 0.5) is 5.69 Å². The minimum absolute atomic E-state index is 0.121. The average molecular weight is 218 g/mol. The Labute approximate surface area is 93.9 Å². The summed E-state index contributed by atoms with van der Waals surface area (Å²) in [6.45, 7) is 1.92. The first-order chi connectivity index (χ1) is 7.74. The third-order valence-corrected chi connectivity index (χ3v) is 2.44. The molecule has 0 radical (unpaired) electrons. The SMILES string of the molecule is CO[C@@H](C)c1c(N)cnn1-c1ccccn1. The van der Waals surface area contributed by atoms with Crippen molar-refractivity contribution in [2.24, 2.45) is 0 Å². The first-order valence-corrected chi connectivity index (χ1v) is 5.01. The molecule has 2 rings (SSSR count). The van der Waals surface area contributed by atoms with Crippen molar-refractivity contribution in [1.82, 2.24) is 14.8 Å². The van der Waals surface area contributed by atoms with E-state index in [0.29, 0.717) is 5.69 Å². The quantitative estimate of drug-likeness (QED) is 0.849. The third-order valence-electron chi connectivity index (χ3n) is 2.44. The van der Waals surface area contributed by atoms with E-state index in [-0.39, 0.29) is 6.10 Å². The van der Waals surface area contributed by atoms with Crippen molar-refractivity contribution in [3.8, 4) is 5.82 Å². The van der Waals surface area contributed by atoms with Crippen LogP contribution in [0.5, 0.6) is 0 Å². The molecule has 0 saturated heterocycles. The third kappa shape index (κ3) is 1.77. The summed E-state index contributed by atoms with van der Waals surface area (Å²) in [7, 11) is 1.64. The van der Waals surface area contributed by atoms with E-state index in [1.807, 2.05) is 25.1 Å². The fourth-order valence-electron chi connectivity index (χ4n) is 1.55. The Balaban J connectivity index is 2.50. The molecular weight excluding hydrogens is 204 g/mol. The fourth-order valence-corrected chi connectivity index (χ4v) is 1.55. The highest BCUT2D eigenvalue weighted by atomic mass is 16.5. The number of nitrogen functional groups attached to an aromatic ring is 1. The monoisotopic (exact) mass is 218 g/mol. The summed E-state index contributed by atoms with van der Waals surface area (Å²) in [5.74, 6) is 0.734. The second-order valence-corrected chi connectivity index (χ2v) is 3.46. The molecule has 0 amide bonds. The Bertz CT molecular complexity index is 466. The van der Waals surface area contributed by atoms with E-state index in [1.54, 1.807) is 24.2 Å². The van der Waals surface area contributed by atoms with Crippen LogP contribution in [-0.4, -0.2) is 21.9 Å². The summed E-state index contributed by atoms with van der Waals surface area (Å²) in [6.07, 6.45) is 3.21. The number of nitrogens with zero attached hydrogens (tertiary/aromatic N) is 3. The molecule has 2 N–H and O–H groups in total. The molecule has 0 fully saturated rings. The number of nitrogens with two attached hydrogens (primary N) is 1. The Morgan fingerprint density at radius 3 is 2.88 bits per heavy atom. The van der Waals surface area contributed by atoms with Crippen molar-refractivity contribution in [3.05, 3.63) is 36.3 Å². The van der Waals surface area contributed by atoms with Crippen LogP contribution >= 0.6 is 0 Å². The van der Waals surface area contributed by atoms with Crippen LogP contribution in [0.25, 0.3) is 5.82 Å². The summed E-state index contributed by atoms with van der Waals surface area (Å²) in [5, 5.41) is 4.20. The lowest BCUT2D eigenvalue weighted by Gasteiger charge is -2.12. The summed E-state index contributed by atoms with van der Waals surface area (Å²) in [6, 6.07) is 5.63. The van der Waals surface area contributed by atoms with Gasteiger partial charge in [-0.05, 0) is 19.1 Å². The van der Waals surface area contributed by atoms with E-state index in [4.69, 9.17) is 10.5 Å². The molecule has 2 heterocycles. The minimum Gasteiger partial charge on any atom is -0.396 e. The van der Waals surface area contributed by atoms with Crippen LogP contribution in [0.2, 0.25) is 0 Å². The normalized spacial score (nSPS) is 12.6. The van der Waals surface area contributed by atoms with Gasteiger partial charge in [0.05, 0.1) is 23.7 Å². The van der Waals surface area contributed by atoms with Crippen LogP contribution in [0.1, 0.15) is 18.7 Å². The van der Waals surface area contributed by atoms with Gasteiger partial charge in [-0.3, -0.25) is 0 Å². The molecule has 0 aromatic carbocycles. The van der Waals surface area contributed by atoms with Gasteiger partial charge in [-0.15, -0.1) is 0 Å². The van der Waals surface area contributed by atoms with Gasteiger partial charge in [-0.2, -0.15) is 5.10 Å². The Kier molecular flexibility index (Phi) is 2.87. The predicted molar refractivity (Wildman–Crippen MR) is 61.2 cm³/mol. The molecule has 5 nitrogen and oxygen atoms in total. The first-order valence-electron chi connectivity index (χ1n) is 5.01. The summed E-state index contributed by atoms with van der Waals surface area (Å²) >= 11 is 0. The van der Waals surface area contributed by atoms with Gasteiger partial charge in [0, 0.05) is 13.3 Å². The van der Waals surface area contributed by atoms with Crippen molar-refractivity contribution >= 4 is 5.69 Å². The highest BCUT2D eigenvalue weighted by molar-refractivity contribution is 5.45. The maximum Gasteiger partial charge on any atom is 0.153 e. The van der Waals surface area contributed by atoms with Crippen molar-refractivity contribution in [2.45, 2.75) is 13.0 Å². The average Bonchev–Trinajstić information content (AvgIpc) is 2.71. The molecular formula is C11H14N4O. The standard InChI is InChI=1S/C11H14N4O/c1-8(16-2)11-9(12)7-14-15(11)10-5-3-4-6-13-10/h3-8H,12H2,1-2H3/t8-/m0/s1. The number of hydrogen-bond donors (Lipinski definition) is 1. The van der Waals surface area contributed by atoms with Crippen LogP contribution in [0.3, 0.4) is 0 Å². The molecule has 0 aliphatic rings. The fraction of sp³-hybridized carbons (Fsp3) is 0.273. The Morgan fingerprint density at radius 1 is 1.44 bits per heavy atom. The molecule has 2 aromatic heterocycles. The molecule has 0 saturated carbocycles. The first kappa shape index (κ1) is 10.6. The van der Waals surface area contributed by atoms with E-state index in [2.05, 4.69) is 10.1 Å². The van der Waals surface area contributed by atoms with Gasteiger partial charge < -0.3 is 10.5 Å². The van der Waals surface area contributed by atoms with E-state index < -0.39 is 0 Å². The molecule has 0 unspecified atom stereocenters. The number of pyridine rings is 1. The number of aromatic nitrogens is 3. The van der Waals surface area contributed by atoms with Gasteiger partial charge in [-0.25, -0.2) is 9.67 Å². The van der Waals surface area contributed by atoms with E-state index in [1.165, 1.54) is 0 Å². The summed E-state index contributed by atoms with van der Waals surface area (Å²) < 4.78 is 6.97. The lowest BCUT2D eigenvalue weighted by molar-refractivity contribution is 0.114. The number of anilines is 1. The minimum atomic E-state index is -0.121. The van der Waals surface area contributed by atoms with Crippen molar-refractivity contribution in [3.63, 3.8) is 0 Å². The van der Waals surface area contributed by atoms with Crippen LogP contribution in [0, 0.1) is 0 Å². The molecule has 0 bridgehead atoms. The van der Waals surface area contributed by atoms with E-state index in [9.17, 15) is 0 Å². The van der Waals surface area contributed by atoms with Gasteiger partial charge in [-0.1, -0.05) is 6.07 Å². The van der Waals surface area contributed by atoms with Crippen LogP contribution < -0.4 is 5.73 Å². The summed E-state index contributed by atoms with van der Waals surface area (Å²) in [5.41, 5.74) is 7.30. The van der Waals surface area contributed by atoms with Gasteiger partial charge in [0.2, 0.25) is 0 Å². The second-order valence-electron chi connectivity index (χ2n) is 3.46. The Morgan fingerprint density at radius 2 is 2.25 bits per heavy atom. The van der Waals surface area contributed by atoms with Crippen molar-refractivity contribution in [1.29, 1.82) is 0 Å². The van der Waals surface area contributed by atoms with Crippen molar-refractivity contribution < 1.29 is 4.74 Å². The maximum absolute atomic E-state index is 5.86. The zero-order valence-electron chi connectivity index (χ0n) is 9.29. The maximum atomic E-state index is 5.86.